The zero-order valence-corrected chi connectivity index (χ0v) is 39.9. The lowest BCUT2D eigenvalue weighted by Crippen LogP contribution is -2.60. The van der Waals surface area contributed by atoms with Crippen molar-refractivity contribution in [1.82, 2.24) is 9.80 Å². The number of nitrogens with zero attached hydrogens (tertiary/aromatic N) is 3. The maximum atomic E-state index is 14.6. The standard InChI is InChI=1S/C48H77N3O12/c1-15-22-51-27-28(3)24-47(10,57-14)42(63-44-39-35(23-29(4)58-44)50(12)45(62-39)49-26-34-20-18-17-19-21-34)30(5)38(61-37-25-46(9,56-13)41(53)33(8)59-37)31(6)43(54)60-36(16-2)48(11,55)40(52)32(51)7/h1,17-21,28-33,35-42,44,52-53,55H,16,22-27H2,2-14H3/t28-,29-,30+,31-,32-,33+,35+,36-,37+,38+,39-,40-,41+,42-,44+,46-,47-,48-/m1/s1. The minimum Gasteiger partial charge on any atom is -0.459 e. The Morgan fingerprint density at radius 1 is 0.937 bits per heavy atom. The fourth-order valence-corrected chi connectivity index (χ4v) is 10.3. The topological polar surface area (TPSA) is 170 Å². The van der Waals surface area contributed by atoms with E-state index in [-0.39, 0.29) is 37.5 Å². The van der Waals surface area contributed by atoms with Crippen molar-refractivity contribution < 1.29 is 58.0 Å². The van der Waals surface area contributed by atoms with Crippen LogP contribution in [-0.2, 0) is 49.2 Å². The van der Waals surface area contributed by atoms with Crippen LogP contribution in [0.2, 0.25) is 0 Å². The molecule has 0 aliphatic carbocycles. The molecule has 0 spiro atoms. The Morgan fingerprint density at radius 2 is 1.60 bits per heavy atom. The summed E-state index contributed by atoms with van der Waals surface area (Å²) in [6, 6.07) is 9.75. The number of fused-ring (bicyclic) bond motifs is 1. The van der Waals surface area contributed by atoms with Gasteiger partial charge in [0, 0.05) is 46.2 Å². The number of hydrogen-bond donors (Lipinski definition) is 3. The van der Waals surface area contributed by atoms with Crippen molar-refractivity contribution in [2.75, 3.05) is 34.4 Å². The summed E-state index contributed by atoms with van der Waals surface area (Å²) in [6.07, 6.45) is -0.997. The summed E-state index contributed by atoms with van der Waals surface area (Å²) in [5.74, 6) is 0.371. The number of amidine groups is 1. The van der Waals surface area contributed by atoms with E-state index in [9.17, 15) is 20.1 Å². The van der Waals surface area contributed by atoms with E-state index in [0.29, 0.717) is 32.0 Å². The summed E-state index contributed by atoms with van der Waals surface area (Å²) in [5, 5.41) is 34.9. The number of likely N-dealkylation sites (N-methyl/N-ethyl adjacent to an activating group) is 1. The van der Waals surface area contributed by atoms with Crippen LogP contribution in [-0.4, -0.2) is 162 Å². The summed E-state index contributed by atoms with van der Waals surface area (Å²) in [5.41, 5.74) is -2.87. The van der Waals surface area contributed by atoms with Gasteiger partial charge in [0.25, 0.3) is 6.02 Å². The summed E-state index contributed by atoms with van der Waals surface area (Å²) in [6.45, 7) is 19.5. The van der Waals surface area contributed by atoms with Gasteiger partial charge in [-0.1, -0.05) is 57.0 Å². The SMILES string of the molecule is C#CCN1C[C@H](C)C[C@@](C)(OC)[C@H](O[C@@H]2O[C@H](C)C[C@H]3[C@H]2OC(=NCc2ccccc2)N3C)[C@@H](C)[C@H](O[C@H]2C[C@@](C)(OC)[C@@H](O)[C@H](C)O2)[C@@H](C)C(=O)O[C@H](CC)[C@@](C)(O)[C@H](O)[C@H]1C. The Hall–Kier alpha value is -2.88. The summed E-state index contributed by atoms with van der Waals surface area (Å²) in [7, 11) is 5.16. The van der Waals surface area contributed by atoms with Gasteiger partial charge >= 0.3 is 5.97 Å². The molecule has 4 heterocycles. The number of terminal acetylenes is 1. The van der Waals surface area contributed by atoms with Crippen LogP contribution >= 0.6 is 0 Å². The van der Waals surface area contributed by atoms with Crippen molar-refractivity contribution >= 4 is 12.0 Å². The number of cyclic esters (lactones) is 1. The highest BCUT2D eigenvalue weighted by atomic mass is 16.7. The molecule has 15 nitrogen and oxygen atoms in total. The fraction of sp³-hybridized carbons (Fsp3) is 0.792. The highest BCUT2D eigenvalue weighted by molar-refractivity contribution is 5.76. The lowest BCUT2D eigenvalue weighted by atomic mass is 9.77. The molecule has 4 saturated heterocycles. The second-order valence-electron chi connectivity index (χ2n) is 19.3. The van der Waals surface area contributed by atoms with Gasteiger partial charge in [-0.15, -0.1) is 6.42 Å². The molecule has 356 valence electrons. The van der Waals surface area contributed by atoms with Crippen LogP contribution in [0.4, 0.5) is 0 Å². The predicted octanol–water partition coefficient (Wildman–Crippen LogP) is 4.52. The minimum absolute atomic E-state index is 0.0982. The van der Waals surface area contributed by atoms with Crippen LogP contribution in [0.1, 0.15) is 100 Å². The molecule has 63 heavy (non-hydrogen) atoms. The van der Waals surface area contributed by atoms with Crippen molar-refractivity contribution in [2.24, 2.45) is 22.7 Å². The van der Waals surface area contributed by atoms with Crippen LogP contribution < -0.4 is 0 Å². The normalized spacial score (nSPS) is 44.2. The van der Waals surface area contributed by atoms with E-state index >= 15 is 0 Å². The lowest BCUT2D eigenvalue weighted by molar-refractivity contribution is -0.315. The fourth-order valence-electron chi connectivity index (χ4n) is 10.3. The first-order valence-electron chi connectivity index (χ1n) is 22.8. The summed E-state index contributed by atoms with van der Waals surface area (Å²) in [4.78, 5) is 23.5. The molecule has 18 atom stereocenters. The Balaban J connectivity index is 1.61. The molecule has 0 radical (unpaired) electrons. The van der Waals surface area contributed by atoms with Crippen LogP contribution in [0.3, 0.4) is 0 Å². The number of esters is 1. The molecule has 0 bridgehead atoms. The molecule has 4 aliphatic rings. The van der Waals surface area contributed by atoms with E-state index in [1.54, 1.807) is 34.8 Å². The lowest BCUT2D eigenvalue weighted by Gasteiger charge is -2.49. The van der Waals surface area contributed by atoms with E-state index in [2.05, 4.69) is 17.7 Å². The third-order valence-electron chi connectivity index (χ3n) is 14.4. The van der Waals surface area contributed by atoms with E-state index < -0.39 is 96.0 Å². The number of aliphatic hydroxyl groups is 3. The smallest absolute Gasteiger partial charge is 0.311 e. The summed E-state index contributed by atoms with van der Waals surface area (Å²) < 4.78 is 52.4. The first-order chi connectivity index (χ1) is 29.6. The van der Waals surface area contributed by atoms with Crippen LogP contribution in [0, 0.1) is 30.1 Å². The number of carbonyl (C=O) groups excluding carboxylic acids is 1. The third-order valence-corrected chi connectivity index (χ3v) is 14.4. The number of methoxy groups -OCH3 is 2. The average Bonchev–Trinajstić information content (AvgIpc) is 3.57. The predicted molar refractivity (Wildman–Crippen MR) is 237 cm³/mol. The van der Waals surface area contributed by atoms with Gasteiger partial charge in [0.1, 0.15) is 23.9 Å². The monoisotopic (exact) mass is 888 g/mol. The number of ether oxygens (including phenoxy) is 8. The third kappa shape index (κ3) is 11.2. The second-order valence-corrected chi connectivity index (χ2v) is 19.3. The van der Waals surface area contributed by atoms with Crippen LogP contribution in [0.25, 0.3) is 0 Å². The maximum Gasteiger partial charge on any atom is 0.311 e. The number of rotatable bonds is 10. The largest absolute Gasteiger partial charge is 0.459 e. The molecule has 3 N–H and O–H groups in total. The van der Waals surface area contributed by atoms with Crippen LogP contribution in [0.15, 0.2) is 35.3 Å². The Kier molecular flexibility index (Phi) is 17.2. The van der Waals surface area contributed by atoms with E-state index in [0.717, 1.165) is 5.56 Å². The van der Waals surface area contributed by atoms with Gasteiger partial charge in [-0.05, 0) is 79.2 Å². The molecule has 4 aliphatic heterocycles. The van der Waals surface area contributed by atoms with Crippen molar-refractivity contribution in [3.8, 4) is 12.3 Å². The number of carbonyl (C=O) groups is 1. The maximum absolute atomic E-state index is 14.6. The minimum atomic E-state index is -1.85. The second kappa shape index (κ2) is 21.2. The quantitative estimate of drug-likeness (QED) is 0.221. The highest BCUT2D eigenvalue weighted by Crippen LogP contribution is 2.42. The van der Waals surface area contributed by atoms with Crippen molar-refractivity contribution in [3.63, 3.8) is 0 Å². The Morgan fingerprint density at radius 3 is 2.22 bits per heavy atom. The Labute approximate surface area is 376 Å². The highest BCUT2D eigenvalue weighted by Gasteiger charge is 2.55. The van der Waals surface area contributed by atoms with Gasteiger partial charge in [0.2, 0.25) is 0 Å². The molecule has 0 saturated carbocycles. The molecule has 15 heteroatoms. The van der Waals surface area contributed by atoms with E-state index in [1.165, 1.54) is 14.0 Å². The molecule has 0 unspecified atom stereocenters. The van der Waals surface area contributed by atoms with Crippen molar-refractivity contribution in [1.29, 1.82) is 0 Å². The van der Waals surface area contributed by atoms with Gasteiger partial charge < -0.3 is 58.1 Å². The van der Waals surface area contributed by atoms with Crippen LogP contribution in [0.5, 0.6) is 0 Å². The molecule has 0 amide bonds. The van der Waals surface area contributed by atoms with Gasteiger partial charge in [-0.25, -0.2) is 4.99 Å². The zero-order chi connectivity index (χ0) is 46.6. The Bertz CT molecular complexity index is 1710. The average molecular weight is 888 g/mol. The molecule has 5 rings (SSSR count). The van der Waals surface area contributed by atoms with E-state index in [4.69, 9.17) is 49.3 Å². The number of aliphatic hydroxyl groups excluding tert-OH is 2. The molecular weight excluding hydrogens is 811 g/mol. The molecule has 4 fully saturated rings. The number of aliphatic imine (C=N–C) groups is 1. The van der Waals surface area contributed by atoms with Gasteiger partial charge in [-0.2, -0.15) is 0 Å². The first-order valence-corrected chi connectivity index (χ1v) is 22.8. The van der Waals surface area contributed by atoms with Gasteiger partial charge in [0.05, 0.1) is 60.7 Å². The molecular formula is C48H77N3O12. The molecule has 1 aromatic rings. The van der Waals surface area contributed by atoms with Gasteiger partial charge in [0.15, 0.2) is 18.7 Å². The zero-order valence-electron chi connectivity index (χ0n) is 39.9. The molecule has 0 aromatic heterocycles. The van der Waals surface area contributed by atoms with Crippen molar-refractivity contribution in [3.05, 3.63) is 35.9 Å². The van der Waals surface area contributed by atoms with Crippen molar-refractivity contribution in [2.45, 2.75) is 192 Å². The summed E-state index contributed by atoms with van der Waals surface area (Å²) >= 11 is 0. The first kappa shape index (κ1) is 51.1. The van der Waals surface area contributed by atoms with E-state index in [1.807, 2.05) is 70.0 Å². The number of benzene rings is 1. The number of hydrogen-bond acceptors (Lipinski definition) is 14. The van der Waals surface area contributed by atoms with Gasteiger partial charge in [-0.3, -0.25) is 9.69 Å². The molecule has 1 aromatic carbocycles.